The first-order valence-corrected chi connectivity index (χ1v) is 23.5. The van der Waals surface area contributed by atoms with Crippen molar-refractivity contribution in [1.29, 1.82) is 0 Å². The summed E-state index contributed by atoms with van der Waals surface area (Å²) < 4.78 is 61.4. The maximum absolute atomic E-state index is 12.7. The van der Waals surface area contributed by atoms with E-state index in [4.69, 9.17) is 15.0 Å². The molecule has 1 aliphatic heterocycles. The number of Topliss-reactive ketones (excluding diaryl/α,β-unsaturated/α-hetero) is 1. The number of carboxylic acid groups (broad SMARTS) is 1. The lowest BCUT2D eigenvalue weighted by molar-refractivity contribution is -0.347. The average molecular weight is 967 g/mol. The molecule has 31 heteroatoms. The predicted octanol–water partition coefficient (Wildman–Crippen LogP) is -3.29. The number of imidazole rings is 1. The summed E-state index contributed by atoms with van der Waals surface area (Å²) in [4.78, 5) is 98.0. The minimum absolute atomic E-state index is 0.0218. The number of phosphoric ester groups is 3. The van der Waals surface area contributed by atoms with Gasteiger partial charge in [-0.3, -0.25) is 23.2 Å². The number of carboxylic acids is 1. The number of aromatic nitrogens is 4. The second-order valence-electron chi connectivity index (χ2n) is 13.9. The minimum atomic E-state index is -5.85. The van der Waals surface area contributed by atoms with E-state index < -0.39 is 108 Å². The third-order valence-electron chi connectivity index (χ3n) is 8.64. The van der Waals surface area contributed by atoms with Gasteiger partial charge < -0.3 is 79.4 Å². The number of rotatable bonds is 24. The van der Waals surface area contributed by atoms with E-state index in [1.54, 1.807) is 0 Å². The molecule has 1 aromatic carbocycles. The molecule has 1 fully saturated rings. The zero-order valence-corrected chi connectivity index (χ0v) is 36.3. The maximum atomic E-state index is 12.7. The number of thioether (sulfide) groups is 1. The fourth-order valence-electron chi connectivity index (χ4n) is 5.51. The average Bonchev–Trinajstić information content (AvgIpc) is 3.76. The van der Waals surface area contributed by atoms with Gasteiger partial charge in [0.05, 0.1) is 39.4 Å². The third-order valence-corrected chi connectivity index (χ3v) is 12.6. The molecule has 1 saturated heterocycles. The minimum Gasteiger partial charge on any atom is -0.862 e. The van der Waals surface area contributed by atoms with Crippen LogP contribution in [0.3, 0.4) is 0 Å². The van der Waals surface area contributed by atoms with Crippen LogP contribution in [0.25, 0.3) is 11.2 Å². The van der Waals surface area contributed by atoms with Crippen LogP contribution < -0.4 is 30.8 Å². The number of benzene rings is 1. The number of anilines is 1. The molecule has 0 bridgehead atoms. The Morgan fingerprint density at radius 1 is 0.984 bits per heavy atom. The van der Waals surface area contributed by atoms with Crippen LogP contribution in [-0.4, -0.2) is 125 Å². The van der Waals surface area contributed by atoms with E-state index in [9.17, 15) is 73.2 Å². The van der Waals surface area contributed by atoms with Gasteiger partial charge in [-0.25, -0.2) is 24.1 Å². The summed E-state index contributed by atoms with van der Waals surface area (Å²) in [6.07, 6.45) is -8.27. The number of aromatic carboxylic acids is 1. The first kappa shape index (κ1) is 51.6. The van der Waals surface area contributed by atoms with Crippen molar-refractivity contribution >= 4 is 80.9 Å². The van der Waals surface area contributed by atoms with Crippen molar-refractivity contribution in [3.8, 4) is 0 Å². The van der Waals surface area contributed by atoms with Crippen LogP contribution in [-0.2, 0) is 41.1 Å². The van der Waals surface area contributed by atoms with Gasteiger partial charge in [0.25, 0.3) is 0 Å². The highest BCUT2D eigenvalue weighted by Gasteiger charge is 2.48. The van der Waals surface area contributed by atoms with Crippen molar-refractivity contribution in [2.24, 2.45) is 15.4 Å². The molecule has 0 saturated carbocycles. The number of nitrogens with two attached hydrogens (primary N) is 1. The highest BCUT2D eigenvalue weighted by Crippen LogP contribution is 2.61. The topological polar surface area (TPSA) is 439 Å². The largest absolute Gasteiger partial charge is 0.862 e. The van der Waals surface area contributed by atoms with Gasteiger partial charge in [-0.05, 0) is 18.2 Å². The van der Waals surface area contributed by atoms with Crippen LogP contribution in [0.15, 0.2) is 46.9 Å². The number of aliphatic hydroxyl groups is 2. The summed E-state index contributed by atoms with van der Waals surface area (Å²) >= 11 is 0.794. The molecule has 0 aliphatic carbocycles. The number of hydrogen-bond acceptors (Lipinski definition) is 25. The smallest absolute Gasteiger partial charge is 0.481 e. The molecule has 3 heterocycles. The van der Waals surface area contributed by atoms with E-state index in [1.165, 1.54) is 38.1 Å². The van der Waals surface area contributed by atoms with Crippen LogP contribution in [0, 0.1) is 5.41 Å². The highest BCUT2D eigenvalue weighted by molar-refractivity contribution is 8.13. The van der Waals surface area contributed by atoms with E-state index in [-0.39, 0.29) is 59.7 Å². The number of ketones is 1. The molecule has 7 unspecified atom stereocenters. The molecule has 0 spiro atoms. The zero-order valence-electron chi connectivity index (χ0n) is 32.8. The monoisotopic (exact) mass is 966 g/mol. The van der Waals surface area contributed by atoms with Crippen molar-refractivity contribution in [3.05, 3.63) is 48.0 Å². The summed E-state index contributed by atoms with van der Waals surface area (Å²) in [5.74, 6) is -4.00. The molecule has 27 nitrogen and oxygen atoms in total. The van der Waals surface area contributed by atoms with Gasteiger partial charge in [0.1, 0.15) is 30.2 Å². The molecule has 63 heavy (non-hydrogen) atoms. The fourth-order valence-corrected chi connectivity index (χ4v) is 8.98. The van der Waals surface area contributed by atoms with Gasteiger partial charge in [-0.15, -0.1) is 0 Å². The summed E-state index contributed by atoms with van der Waals surface area (Å²) in [6.45, 7) is -0.394. The molecular weight excluding hydrogens is 927 g/mol. The maximum Gasteiger partial charge on any atom is 0.481 e. The molecule has 0 amide bonds. The fraction of sp³-hybridized carbons (Fsp3) is 0.500. The van der Waals surface area contributed by atoms with Crippen LogP contribution in [0.4, 0.5) is 5.82 Å². The summed E-state index contributed by atoms with van der Waals surface area (Å²) in [6, 6.07) is 5.42. The molecule has 7 atom stereocenters. The SMILES string of the molecule is CC(C)(COP(=O)(O)OP(=O)(O)OCC1OC(n2cnc3c(N)ncnc32)C(O)C1OP(=O)([O-])[O-])C(O)C([O-])=NCCC([O-])=NCCSC(=O)CCC(=O)c1ccccc1C(=O)[O-]. The first-order valence-electron chi connectivity index (χ1n) is 18.0. The van der Waals surface area contributed by atoms with Crippen molar-refractivity contribution in [3.63, 3.8) is 0 Å². The van der Waals surface area contributed by atoms with E-state index >= 15 is 0 Å². The second-order valence-corrected chi connectivity index (χ2v) is 19.2. The Labute approximate surface area is 360 Å². The van der Waals surface area contributed by atoms with Crippen molar-refractivity contribution in [2.75, 3.05) is 37.8 Å². The summed E-state index contributed by atoms with van der Waals surface area (Å²) in [7, 11) is -17.1. The highest BCUT2D eigenvalue weighted by atomic mass is 32.2. The molecule has 2 aromatic heterocycles. The lowest BCUT2D eigenvalue weighted by Gasteiger charge is -2.34. The van der Waals surface area contributed by atoms with E-state index in [1.807, 2.05) is 0 Å². The number of aliphatic imine (C=N–C) groups is 2. The van der Waals surface area contributed by atoms with Crippen LogP contribution in [0.1, 0.15) is 60.1 Å². The standard InChI is InChI=1S/C32H44N7O20P3S/c1-32(2,26(44)29(45)35-10-9-21(41)34-11-12-63-22(42)8-7-19(40)17-5-3-4-6-18(17)31(46)47)14-56-62(53,54)59-61(51,52)55-13-20-25(58-60(48,49)50)24(43)30(57-20)39-16-38-23-27(33)36-15-37-28(23)39/h3-6,15-16,20,24-26,30,43-44H,7-14H2,1-2H3,(H,34,41)(H,35,45)(H,46,47)(H,51,52)(H,53,54)(H2,33,36,37)(H2,48,49,50)/p-5. The van der Waals surface area contributed by atoms with Crippen LogP contribution in [0.5, 0.6) is 0 Å². The number of phosphoric acid groups is 3. The number of carbonyl (C=O) groups excluding carboxylic acids is 3. The molecule has 3 aromatic rings. The van der Waals surface area contributed by atoms with Gasteiger partial charge >= 0.3 is 15.6 Å². The van der Waals surface area contributed by atoms with E-state index in [0.29, 0.717) is 0 Å². The van der Waals surface area contributed by atoms with Gasteiger partial charge in [0.2, 0.25) is 0 Å². The lowest BCUT2D eigenvalue weighted by Crippen LogP contribution is -2.45. The Bertz CT molecular complexity index is 2340. The second kappa shape index (κ2) is 21.7. The van der Waals surface area contributed by atoms with E-state index in [2.05, 4.69) is 38.3 Å². The van der Waals surface area contributed by atoms with Gasteiger partial charge in [-0.2, -0.15) is 4.31 Å². The number of fused-ring (bicyclic) bond motifs is 1. The predicted molar refractivity (Wildman–Crippen MR) is 206 cm³/mol. The van der Waals surface area contributed by atoms with Crippen LogP contribution >= 0.6 is 35.2 Å². The summed E-state index contributed by atoms with van der Waals surface area (Å²) in [5, 5.41) is 56.9. The molecule has 0 radical (unpaired) electrons. The zero-order chi connectivity index (χ0) is 46.9. The Balaban J connectivity index is 1.22. The van der Waals surface area contributed by atoms with Gasteiger partial charge in [-0.1, -0.05) is 49.9 Å². The molecule has 1 aliphatic rings. The number of ether oxygens (including phenoxy) is 1. The number of nitrogen functional groups attached to an aromatic ring is 1. The van der Waals surface area contributed by atoms with Crippen molar-refractivity contribution in [2.45, 2.75) is 63.8 Å². The molecule has 348 valence electrons. The van der Waals surface area contributed by atoms with Crippen molar-refractivity contribution in [1.82, 2.24) is 19.5 Å². The normalized spacial score (nSPS) is 21.2. The lowest BCUT2D eigenvalue weighted by atomic mass is 9.87. The Hall–Kier alpha value is -4.08. The first-order chi connectivity index (χ1) is 29.3. The molecular formula is C32H39N7O20P3S-5. The quantitative estimate of drug-likeness (QED) is 0.0193. The Morgan fingerprint density at radius 2 is 1.65 bits per heavy atom. The van der Waals surface area contributed by atoms with Gasteiger partial charge in [0, 0.05) is 48.2 Å². The molecule has 6 N–H and O–H groups in total. The van der Waals surface area contributed by atoms with E-state index in [0.717, 1.165) is 29.0 Å². The Kier molecular flexibility index (Phi) is 17.8. The number of nitrogens with zero attached hydrogens (tertiary/aromatic N) is 6. The molecule has 4 rings (SSSR count). The Morgan fingerprint density at radius 3 is 2.32 bits per heavy atom. The van der Waals surface area contributed by atoms with Crippen LogP contribution in [0.2, 0.25) is 0 Å². The number of carbonyl (C=O) groups is 3. The summed E-state index contributed by atoms with van der Waals surface area (Å²) in [5.41, 5.74) is 3.66. The number of hydrogen-bond donors (Lipinski definition) is 5. The number of aliphatic hydroxyl groups excluding tert-OH is 2. The third kappa shape index (κ3) is 15.0. The van der Waals surface area contributed by atoms with Crippen molar-refractivity contribution < 1.29 is 95.8 Å². The van der Waals surface area contributed by atoms with Gasteiger partial charge in [0.15, 0.2) is 28.6 Å².